The molecule has 0 aliphatic carbocycles. The highest BCUT2D eigenvalue weighted by Crippen LogP contribution is 2.20. The third-order valence-electron chi connectivity index (χ3n) is 2.94. The lowest BCUT2D eigenvalue weighted by Gasteiger charge is -2.12. The van der Waals surface area contributed by atoms with Crippen LogP contribution < -0.4 is 10.1 Å². The van der Waals surface area contributed by atoms with Crippen molar-refractivity contribution in [3.63, 3.8) is 0 Å². The number of aryl methyl sites for hydroxylation is 1. The van der Waals surface area contributed by atoms with Crippen molar-refractivity contribution in [2.45, 2.75) is 20.8 Å². The van der Waals surface area contributed by atoms with E-state index in [1.165, 1.54) is 6.92 Å². The van der Waals surface area contributed by atoms with Crippen LogP contribution in [0.1, 0.15) is 18.1 Å². The third kappa shape index (κ3) is 4.62. The fourth-order valence-corrected chi connectivity index (χ4v) is 1.43. The van der Waals surface area contributed by atoms with Crippen molar-refractivity contribution < 1.29 is 19.4 Å². The minimum absolute atomic E-state index is 0.102. The first-order valence-electron chi connectivity index (χ1n) is 6.10. The van der Waals surface area contributed by atoms with Crippen LogP contribution in [0.2, 0.25) is 0 Å². The number of rotatable bonds is 6. The Morgan fingerprint density at radius 3 is 2.68 bits per heavy atom. The normalized spacial score (nSPS) is 11.7. The van der Waals surface area contributed by atoms with Gasteiger partial charge in [0.05, 0.1) is 5.92 Å². The molecular formula is C14H19NO4. The van der Waals surface area contributed by atoms with E-state index >= 15 is 0 Å². The van der Waals surface area contributed by atoms with E-state index in [1.807, 2.05) is 26.0 Å². The summed E-state index contributed by atoms with van der Waals surface area (Å²) in [5.74, 6) is -1.20. The largest absolute Gasteiger partial charge is 0.483 e. The molecule has 0 saturated heterocycles. The van der Waals surface area contributed by atoms with Crippen molar-refractivity contribution in [3.8, 4) is 5.75 Å². The Bertz CT molecular complexity index is 471. The Kier molecular flexibility index (Phi) is 5.36. The molecule has 0 spiro atoms. The lowest BCUT2D eigenvalue weighted by atomic mass is 10.1. The van der Waals surface area contributed by atoms with Crippen molar-refractivity contribution in [2.24, 2.45) is 5.92 Å². The van der Waals surface area contributed by atoms with E-state index in [9.17, 15) is 9.59 Å². The molecule has 1 unspecified atom stereocenters. The Morgan fingerprint density at radius 2 is 2.05 bits per heavy atom. The average molecular weight is 265 g/mol. The second kappa shape index (κ2) is 6.78. The van der Waals surface area contributed by atoms with Gasteiger partial charge in [-0.15, -0.1) is 0 Å². The number of carbonyl (C=O) groups is 2. The zero-order valence-corrected chi connectivity index (χ0v) is 11.4. The van der Waals surface area contributed by atoms with E-state index in [1.54, 1.807) is 6.07 Å². The van der Waals surface area contributed by atoms with Crippen LogP contribution in [-0.2, 0) is 9.59 Å². The maximum Gasteiger partial charge on any atom is 0.308 e. The molecule has 1 amide bonds. The van der Waals surface area contributed by atoms with Crippen LogP contribution in [-0.4, -0.2) is 30.1 Å². The molecule has 0 aromatic heterocycles. The molecule has 0 aliphatic heterocycles. The maximum absolute atomic E-state index is 11.5. The molecule has 0 fully saturated rings. The van der Waals surface area contributed by atoms with Gasteiger partial charge in [0.15, 0.2) is 6.61 Å². The van der Waals surface area contributed by atoms with E-state index in [-0.39, 0.29) is 19.1 Å². The predicted octanol–water partition coefficient (Wildman–Crippen LogP) is 1.52. The fraction of sp³-hybridized carbons (Fsp3) is 0.429. The standard InChI is InChI=1S/C14H19NO4/c1-9-5-4-6-12(11(9)3)19-8-13(16)15-7-10(2)14(17)18/h4-6,10H,7-8H2,1-3H3,(H,15,16)(H,17,18). The number of ether oxygens (including phenoxy) is 1. The maximum atomic E-state index is 11.5. The van der Waals surface area contributed by atoms with Crippen molar-refractivity contribution in [3.05, 3.63) is 29.3 Å². The number of benzene rings is 1. The SMILES string of the molecule is Cc1cccc(OCC(=O)NCC(C)C(=O)O)c1C. The van der Waals surface area contributed by atoms with E-state index in [4.69, 9.17) is 9.84 Å². The molecule has 0 heterocycles. The summed E-state index contributed by atoms with van der Waals surface area (Å²) in [6.07, 6.45) is 0. The highest BCUT2D eigenvalue weighted by Gasteiger charge is 2.12. The van der Waals surface area contributed by atoms with Crippen LogP contribution in [0.25, 0.3) is 0 Å². The summed E-state index contributed by atoms with van der Waals surface area (Å²) < 4.78 is 5.41. The van der Waals surface area contributed by atoms with E-state index in [0.29, 0.717) is 5.75 Å². The van der Waals surface area contributed by atoms with Gasteiger partial charge in [-0.3, -0.25) is 9.59 Å². The summed E-state index contributed by atoms with van der Waals surface area (Å²) >= 11 is 0. The van der Waals surface area contributed by atoms with E-state index in [0.717, 1.165) is 11.1 Å². The first-order valence-corrected chi connectivity index (χ1v) is 6.10. The van der Waals surface area contributed by atoms with Crippen LogP contribution in [0.3, 0.4) is 0 Å². The summed E-state index contributed by atoms with van der Waals surface area (Å²) in [6, 6.07) is 5.63. The highest BCUT2D eigenvalue weighted by atomic mass is 16.5. The Labute approximate surface area is 112 Å². The van der Waals surface area contributed by atoms with Crippen molar-refractivity contribution in [1.82, 2.24) is 5.32 Å². The predicted molar refractivity (Wildman–Crippen MR) is 71.2 cm³/mol. The molecule has 0 radical (unpaired) electrons. The van der Waals surface area contributed by atoms with Gasteiger partial charge in [0.2, 0.25) is 0 Å². The molecule has 0 bridgehead atoms. The molecule has 0 saturated carbocycles. The summed E-state index contributed by atoms with van der Waals surface area (Å²) in [7, 11) is 0. The second-order valence-corrected chi connectivity index (χ2v) is 4.53. The Morgan fingerprint density at radius 1 is 1.37 bits per heavy atom. The van der Waals surface area contributed by atoms with Gasteiger partial charge < -0.3 is 15.2 Å². The third-order valence-corrected chi connectivity index (χ3v) is 2.94. The molecule has 1 rings (SSSR count). The summed E-state index contributed by atoms with van der Waals surface area (Å²) in [5, 5.41) is 11.2. The van der Waals surface area contributed by atoms with Gasteiger partial charge >= 0.3 is 5.97 Å². The van der Waals surface area contributed by atoms with Gasteiger partial charge in [0.25, 0.3) is 5.91 Å². The zero-order chi connectivity index (χ0) is 14.4. The van der Waals surface area contributed by atoms with E-state index < -0.39 is 11.9 Å². The number of aliphatic carboxylic acids is 1. The molecule has 0 aliphatic rings. The number of hydrogen-bond acceptors (Lipinski definition) is 3. The number of carbonyl (C=O) groups excluding carboxylic acids is 1. The van der Waals surface area contributed by atoms with Gasteiger partial charge in [-0.05, 0) is 31.0 Å². The van der Waals surface area contributed by atoms with Crippen LogP contribution in [0, 0.1) is 19.8 Å². The molecule has 5 heteroatoms. The van der Waals surface area contributed by atoms with Crippen molar-refractivity contribution in [2.75, 3.05) is 13.2 Å². The fourth-order valence-electron chi connectivity index (χ4n) is 1.43. The quantitative estimate of drug-likeness (QED) is 0.817. The molecule has 19 heavy (non-hydrogen) atoms. The van der Waals surface area contributed by atoms with Crippen LogP contribution in [0.15, 0.2) is 18.2 Å². The smallest absolute Gasteiger partial charge is 0.308 e. The van der Waals surface area contributed by atoms with Crippen LogP contribution >= 0.6 is 0 Å². The first kappa shape index (κ1) is 15.0. The Hall–Kier alpha value is -2.04. The van der Waals surface area contributed by atoms with Gasteiger partial charge in [0.1, 0.15) is 5.75 Å². The first-order chi connectivity index (χ1) is 8.91. The lowest BCUT2D eigenvalue weighted by molar-refractivity contribution is -0.141. The molecule has 1 atom stereocenters. The van der Waals surface area contributed by atoms with Crippen molar-refractivity contribution >= 4 is 11.9 Å². The number of hydrogen-bond donors (Lipinski definition) is 2. The molecule has 104 valence electrons. The highest BCUT2D eigenvalue weighted by molar-refractivity contribution is 5.78. The van der Waals surface area contributed by atoms with Gasteiger partial charge in [0, 0.05) is 6.54 Å². The van der Waals surface area contributed by atoms with Gasteiger partial charge in [-0.2, -0.15) is 0 Å². The average Bonchev–Trinajstić information content (AvgIpc) is 2.37. The molecular weight excluding hydrogens is 246 g/mol. The number of amides is 1. The Balaban J connectivity index is 2.42. The zero-order valence-electron chi connectivity index (χ0n) is 11.4. The minimum atomic E-state index is -0.934. The molecule has 1 aromatic rings. The molecule has 5 nitrogen and oxygen atoms in total. The molecule has 2 N–H and O–H groups in total. The minimum Gasteiger partial charge on any atom is -0.483 e. The van der Waals surface area contributed by atoms with Crippen LogP contribution in [0.5, 0.6) is 5.75 Å². The number of carboxylic acid groups (broad SMARTS) is 1. The van der Waals surface area contributed by atoms with Gasteiger partial charge in [-0.25, -0.2) is 0 Å². The second-order valence-electron chi connectivity index (χ2n) is 4.53. The van der Waals surface area contributed by atoms with Crippen molar-refractivity contribution in [1.29, 1.82) is 0 Å². The van der Waals surface area contributed by atoms with Gasteiger partial charge in [-0.1, -0.05) is 19.1 Å². The van der Waals surface area contributed by atoms with Crippen LogP contribution in [0.4, 0.5) is 0 Å². The number of carboxylic acids is 1. The summed E-state index contributed by atoms with van der Waals surface area (Å²) in [5.41, 5.74) is 2.09. The monoisotopic (exact) mass is 265 g/mol. The summed E-state index contributed by atoms with van der Waals surface area (Å²) in [4.78, 5) is 22.1. The topological polar surface area (TPSA) is 75.6 Å². The number of nitrogens with one attached hydrogen (secondary N) is 1. The van der Waals surface area contributed by atoms with E-state index in [2.05, 4.69) is 5.32 Å². The lowest BCUT2D eigenvalue weighted by Crippen LogP contribution is -2.34. The summed E-state index contributed by atoms with van der Waals surface area (Å²) in [6.45, 7) is 5.42. The molecule has 1 aromatic carbocycles.